The Morgan fingerprint density at radius 3 is 2.47 bits per heavy atom. The first-order chi connectivity index (χ1) is 16.5. The molecule has 2 atom stereocenters. The molecule has 9 heteroatoms. The van der Waals surface area contributed by atoms with Gasteiger partial charge in [-0.25, -0.2) is 9.79 Å². The fourth-order valence-corrected chi connectivity index (χ4v) is 4.65. The Bertz CT molecular complexity index is 1220. The van der Waals surface area contributed by atoms with E-state index in [9.17, 15) is 14.4 Å². The molecule has 2 unspecified atom stereocenters. The molecule has 0 N–H and O–H groups in total. The fraction of sp³-hybridized carbons (Fsp3) is 0.280. The molecular formula is C25H25N5O4. The SMILES string of the molecule is CCc1ccccc1N1C(c2ccccc2)=CN2C1=NC1C2C(=O)N(CC(=O)OC)C(=O)N1C. The predicted octanol–water partition coefficient (Wildman–Crippen LogP) is 2.50. The summed E-state index contributed by atoms with van der Waals surface area (Å²) in [6.45, 7) is 1.65. The number of urea groups is 1. The van der Waals surface area contributed by atoms with Crippen LogP contribution >= 0.6 is 0 Å². The number of fused-ring (bicyclic) bond motifs is 3. The lowest BCUT2D eigenvalue weighted by molar-refractivity contribution is -0.148. The van der Waals surface area contributed by atoms with Gasteiger partial charge in [0, 0.05) is 18.8 Å². The summed E-state index contributed by atoms with van der Waals surface area (Å²) in [5, 5.41) is 0. The van der Waals surface area contributed by atoms with Crippen molar-refractivity contribution in [1.29, 1.82) is 0 Å². The van der Waals surface area contributed by atoms with Gasteiger partial charge >= 0.3 is 12.0 Å². The summed E-state index contributed by atoms with van der Waals surface area (Å²) in [6, 6.07) is 16.6. The number of aliphatic imine (C=N–C) groups is 1. The van der Waals surface area contributed by atoms with Crippen LogP contribution in [-0.2, 0) is 20.7 Å². The van der Waals surface area contributed by atoms with Crippen LogP contribution in [-0.4, -0.2) is 71.5 Å². The first kappa shape index (κ1) is 21.7. The molecule has 3 amide bonds. The topological polar surface area (TPSA) is 85.8 Å². The van der Waals surface area contributed by atoms with Crippen molar-refractivity contribution in [2.75, 3.05) is 25.6 Å². The van der Waals surface area contributed by atoms with Crippen molar-refractivity contribution in [3.05, 3.63) is 71.9 Å². The van der Waals surface area contributed by atoms with Gasteiger partial charge in [-0.3, -0.25) is 24.3 Å². The third-order valence-electron chi connectivity index (χ3n) is 6.41. The molecule has 9 nitrogen and oxygen atoms in total. The van der Waals surface area contributed by atoms with Crippen molar-refractivity contribution in [3.63, 3.8) is 0 Å². The predicted molar refractivity (Wildman–Crippen MR) is 126 cm³/mol. The van der Waals surface area contributed by atoms with E-state index in [4.69, 9.17) is 9.73 Å². The van der Waals surface area contributed by atoms with Crippen molar-refractivity contribution in [3.8, 4) is 0 Å². The second-order valence-electron chi connectivity index (χ2n) is 8.29. The van der Waals surface area contributed by atoms with Crippen LogP contribution in [0, 0.1) is 0 Å². The first-order valence-electron chi connectivity index (χ1n) is 11.1. The van der Waals surface area contributed by atoms with Gasteiger partial charge in [-0.1, -0.05) is 55.5 Å². The standard InChI is InChI=1S/C25H25N5O4/c1-4-16-10-8-9-13-18(16)30-19(17-11-6-5-7-12-17)14-28-21-22(26-24(28)30)27(2)25(33)29(23(21)32)15-20(31)34-3/h5-14,21-22H,4,15H2,1-3H3. The third-order valence-corrected chi connectivity index (χ3v) is 6.41. The van der Waals surface area contributed by atoms with E-state index in [1.54, 1.807) is 7.05 Å². The second kappa shape index (κ2) is 8.33. The maximum atomic E-state index is 13.5. The van der Waals surface area contributed by atoms with E-state index in [0.29, 0.717) is 5.96 Å². The van der Waals surface area contributed by atoms with Crippen LogP contribution in [0.4, 0.5) is 10.5 Å². The van der Waals surface area contributed by atoms with Crippen LogP contribution in [0.25, 0.3) is 5.70 Å². The summed E-state index contributed by atoms with van der Waals surface area (Å²) >= 11 is 0. The molecular weight excluding hydrogens is 434 g/mol. The Morgan fingerprint density at radius 1 is 1.06 bits per heavy atom. The van der Waals surface area contributed by atoms with Gasteiger partial charge in [-0.2, -0.15) is 0 Å². The number of guanidine groups is 1. The summed E-state index contributed by atoms with van der Waals surface area (Å²) < 4.78 is 4.69. The number of para-hydroxylation sites is 1. The molecule has 174 valence electrons. The average molecular weight is 460 g/mol. The highest BCUT2D eigenvalue weighted by Gasteiger charge is 2.55. The minimum Gasteiger partial charge on any atom is -0.468 e. The number of carbonyl (C=O) groups excluding carboxylic acids is 3. The van der Waals surface area contributed by atoms with E-state index in [2.05, 4.69) is 13.0 Å². The zero-order chi connectivity index (χ0) is 24.0. The van der Waals surface area contributed by atoms with Crippen molar-refractivity contribution >= 4 is 35.3 Å². The molecule has 2 aromatic carbocycles. The summed E-state index contributed by atoms with van der Waals surface area (Å²) in [7, 11) is 2.82. The molecule has 3 aliphatic heterocycles. The van der Waals surface area contributed by atoms with Gasteiger partial charge in [-0.15, -0.1) is 0 Å². The highest BCUT2D eigenvalue weighted by atomic mass is 16.5. The number of likely N-dealkylation sites (N-methyl/N-ethyl adjacent to an activating group) is 1. The van der Waals surface area contributed by atoms with Gasteiger partial charge in [0.05, 0.1) is 18.5 Å². The molecule has 5 rings (SSSR count). The number of methoxy groups -OCH3 is 1. The largest absolute Gasteiger partial charge is 0.468 e. The molecule has 0 bridgehead atoms. The quantitative estimate of drug-likeness (QED) is 0.639. The Morgan fingerprint density at radius 2 is 1.76 bits per heavy atom. The molecule has 1 fully saturated rings. The fourth-order valence-electron chi connectivity index (χ4n) is 4.65. The molecule has 1 saturated heterocycles. The van der Waals surface area contributed by atoms with Crippen molar-refractivity contribution < 1.29 is 19.1 Å². The number of hydrogen-bond acceptors (Lipinski definition) is 7. The van der Waals surface area contributed by atoms with Gasteiger partial charge < -0.3 is 9.64 Å². The molecule has 3 aliphatic rings. The molecule has 34 heavy (non-hydrogen) atoms. The molecule has 0 spiro atoms. The number of imide groups is 1. The monoisotopic (exact) mass is 459 g/mol. The zero-order valence-electron chi connectivity index (χ0n) is 19.2. The molecule has 0 aliphatic carbocycles. The van der Waals surface area contributed by atoms with Crippen molar-refractivity contribution in [2.24, 2.45) is 4.99 Å². The number of aryl methyl sites for hydroxylation is 1. The van der Waals surface area contributed by atoms with Crippen molar-refractivity contribution in [1.82, 2.24) is 14.7 Å². The van der Waals surface area contributed by atoms with Crippen LogP contribution in [0.3, 0.4) is 0 Å². The van der Waals surface area contributed by atoms with E-state index < -0.39 is 36.7 Å². The van der Waals surface area contributed by atoms with Crippen molar-refractivity contribution in [2.45, 2.75) is 25.6 Å². The summed E-state index contributed by atoms with van der Waals surface area (Å²) in [6.07, 6.45) is 2.02. The van der Waals surface area contributed by atoms with Crippen LogP contribution < -0.4 is 4.90 Å². The molecule has 0 saturated carbocycles. The number of esters is 1. The van der Waals surface area contributed by atoms with Gasteiger partial charge in [0.1, 0.15) is 6.54 Å². The third kappa shape index (κ3) is 3.23. The number of nitrogens with zero attached hydrogens (tertiary/aromatic N) is 5. The average Bonchev–Trinajstić information content (AvgIpc) is 3.42. The number of benzene rings is 2. The lowest BCUT2D eigenvalue weighted by atomic mass is 10.1. The van der Waals surface area contributed by atoms with E-state index in [1.807, 2.05) is 64.5 Å². The number of rotatable bonds is 5. The smallest absolute Gasteiger partial charge is 0.328 e. The number of ether oxygens (including phenoxy) is 1. The highest BCUT2D eigenvalue weighted by molar-refractivity contribution is 6.16. The zero-order valence-corrected chi connectivity index (χ0v) is 19.2. The van der Waals surface area contributed by atoms with E-state index in [0.717, 1.165) is 33.8 Å². The molecule has 3 heterocycles. The Kier molecular flexibility index (Phi) is 5.31. The number of anilines is 1. The number of hydrogen-bond donors (Lipinski definition) is 0. The summed E-state index contributed by atoms with van der Waals surface area (Å²) in [5.41, 5.74) is 3.95. The molecule has 2 aromatic rings. The van der Waals surface area contributed by atoms with Crippen LogP contribution in [0.2, 0.25) is 0 Å². The second-order valence-corrected chi connectivity index (χ2v) is 8.29. The molecule has 0 radical (unpaired) electrons. The maximum Gasteiger partial charge on any atom is 0.328 e. The summed E-state index contributed by atoms with van der Waals surface area (Å²) in [4.78, 5) is 49.3. The van der Waals surface area contributed by atoms with Gasteiger partial charge in [0.2, 0.25) is 5.96 Å². The lowest BCUT2D eigenvalue weighted by Crippen LogP contribution is -2.65. The van der Waals surface area contributed by atoms with Crippen LogP contribution in [0.5, 0.6) is 0 Å². The Balaban J connectivity index is 1.61. The van der Waals surface area contributed by atoms with E-state index in [1.165, 1.54) is 12.0 Å². The lowest BCUT2D eigenvalue weighted by Gasteiger charge is -2.39. The Hall–Kier alpha value is -4.14. The van der Waals surface area contributed by atoms with Gasteiger partial charge in [0.15, 0.2) is 12.2 Å². The minimum atomic E-state index is -0.778. The van der Waals surface area contributed by atoms with Gasteiger partial charge in [0.25, 0.3) is 5.91 Å². The van der Waals surface area contributed by atoms with Gasteiger partial charge in [-0.05, 0) is 18.1 Å². The summed E-state index contributed by atoms with van der Waals surface area (Å²) in [5.74, 6) is -0.567. The van der Waals surface area contributed by atoms with E-state index in [-0.39, 0.29) is 0 Å². The number of carbonyl (C=O) groups is 3. The van der Waals surface area contributed by atoms with Crippen LogP contribution in [0.15, 0.2) is 65.8 Å². The highest BCUT2D eigenvalue weighted by Crippen LogP contribution is 2.41. The first-order valence-corrected chi connectivity index (χ1v) is 11.1. The molecule has 0 aromatic heterocycles. The van der Waals surface area contributed by atoms with Crippen LogP contribution in [0.1, 0.15) is 18.1 Å². The minimum absolute atomic E-state index is 0.442. The van der Waals surface area contributed by atoms with E-state index >= 15 is 0 Å². The number of amides is 3. The normalized spacial score (nSPS) is 21.4. The Labute approximate surface area is 197 Å². The maximum absolute atomic E-state index is 13.5.